The van der Waals surface area contributed by atoms with Gasteiger partial charge in [0.15, 0.2) is 0 Å². The van der Waals surface area contributed by atoms with Gasteiger partial charge in [0.05, 0.1) is 29.5 Å². The summed E-state index contributed by atoms with van der Waals surface area (Å²) in [5.41, 5.74) is 0.316. The maximum absolute atomic E-state index is 14.6. The van der Waals surface area contributed by atoms with Gasteiger partial charge >= 0.3 is 12.1 Å². The summed E-state index contributed by atoms with van der Waals surface area (Å²) in [7, 11) is 1.64. The molecule has 1 heterocycles. The maximum Gasteiger partial charge on any atom is 0.410 e. The summed E-state index contributed by atoms with van der Waals surface area (Å²) in [5.74, 6) is 0.309. The Bertz CT molecular complexity index is 990. The number of unbranched alkanes of at least 4 members (excludes halogenated alkanes) is 1. The third-order valence-corrected chi connectivity index (χ3v) is 7.71. The normalized spacial score (nSPS) is 12.3. The van der Waals surface area contributed by atoms with E-state index in [1.54, 1.807) is 25.2 Å². The van der Waals surface area contributed by atoms with Gasteiger partial charge in [-0.2, -0.15) is 0 Å². The van der Waals surface area contributed by atoms with Crippen molar-refractivity contribution in [3.8, 4) is 11.3 Å². The lowest BCUT2D eigenvalue weighted by Gasteiger charge is -2.24. The van der Waals surface area contributed by atoms with E-state index in [4.69, 9.17) is 9.47 Å². The minimum absolute atomic E-state index is 0.223. The van der Waals surface area contributed by atoms with Crippen LogP contribution in [0.1, 0.15) is 71.7 Å². The highest BCUT2D eigenvalue weighted by atomic mass is 32.2. The minimum Gasteiger partial charge on any atom is -0.465 e. The lowest BCUT2D eigenvalue weighted by atomic mass is 10.0. The van der Waals surface area contributed by atoms with Crippen LogP contribution in [0.3, 0.4) is 0 Å². The van der Waals surface area contributed by atoms with Gasteiger partial charge in [-0.05, 0) is 45.2 Å². The van der Waals surface area contributed by atoms with Gasteiger partial charge in [0, 0.05) is 18.4 Å². The van der Waals surface area contributed by atoms with E-state index in [-0.39, 0.29) is 24.8 Å². The van der Waals surface area contributed by atoms with Crippen LogP contribution in [0.15, 0.2) is 28.5 Å². The van der Waals surface area contributed by atoms with Gasteiger partial charge in [-0.1, -0.05) is 45.2 Å². The zero-order chi connectivity index (χ0) is 26.7. The molecule has 2 aromatic rings. The number of thioether (sulfide) groups is 1. The maximum atomic E-state index is 14.6. The molecule has 0 radical (unpaired) electrons. The number of rotatable bonds is 13. The van der Waals surface area contributed by atoms with E-state index < -0.39 is 11.7 Å². The van der Waals surface area contributed by atoms with E-state index >= 15 is 0 Å². The molecule has 36 heavy (non-hydrogen) atoms. The Morgan fingerprint density at radius 2 is 1.94 bits per heavy atom. The second-order valence-corrected chi connectivity index (χ2v) is 12.2. The zero-order valence-electron chi connectivity index (χ0n) is 22.3. The molecular weight excluding hydrogens is 499 g/mol. The van der Waals surface area contributed by atoms with E-state index in [0.29, 0.717) is 34.5 Å². The fraction of sp³-hybridized carbons (Fsp3) is 0.593. The number of thiazole rings is 1. The molecule has 1 amide bonds. The molecule has 9 heteroatoms. The van der Waals surface area contributed by atoms with Gasteiger partial charge in [0.2, 0.25) is 0 Å². The van der Waals surface area contributed by atoms with E-state index in [1.165, 1.54) is 34.1 Å². The molecule has 1 atom stereocenters. The van der Waals surface area contributed by atoms with Crippen LogP contribution in [0.25, 0.3) is 11.3 Å². The monoisotopic (exact) mass is 538 g/mol. The molecule has 0 aliphatic carbocycles. The average Bonchev–Trinajstić information content (AvgIpc) is 3.20. The van der Waals surface area contributed by atoms with E-state index in [2.05, 4.69) is 18.8 Å². The van der Waals surface area contributed by atoms with Crippen LogP contribution in [0, 0.1) is 11.7 Å². The van der Waals surface area contributed by atoms with Gasteiger partial charge in [-0.15, -0.1) is 23.1 Å². The Hall–Kier alpha value is -2.13. The highest BCUT2D eigenvalue weighted by Gasteiger charge is 2.23. The molecule has 0 spiro atoms. The Morgan fingerprint density at radius 1 is 1.22 bits per heavy atom. The van der Waals surface area contributed by atoms with Gasteiger partial charge in [-0.3, -0.25) is 4.79 Å². The second kappa shape index (κ2) is 14.6. The van der Waals surface area contributed by atoms with Crippen molar-refractivity contribution in [2.24, 2.45) is 5.92 Å². The van der Waals surface area contributed by atoms with Crippen molar-refractivity contribution in [2.75, 3.05) is 19.4 Å². The molecule has 6 nitrogen and oxygen atoms in total. The van der Waals surface area contributed by atoms with E-state index in [0.717, 1.165) is 29.9 Å². The standard InChI is InChI=1S/C27H39FN2O4S2/c1-7-9-12-19(8-2)18-33-23(31)15-16-35-25-24(20-13-10-11-14-21(20)28)29-22(36-25)17-30(6)26(32)34-27(3,4)5/h10-11,13-14,19H,7-9,12,15-18H2,1-6H3. The first-order chi connectivity index (χ1) is 17.0. The van der Waals surface area contributed by atoms with Gasteiger partial charge in [0.1, 0.15) is 16.4 Å². The third kappa shape index (κ3) is 10.1. The fourth-order valence-corrected chi connectivity index (χ4v) is 5.73. The number of hydrogen-bond acceptors (Lipinski definition) is 7. The van der Waals surface area contributed by atoms with Crippen molar-refractivity contribution in [3.63, 3.8) is 0 Å². The quantitative estimate of drug-likeness (QED) is 0.194. The number of esters is 1. The molecule has 0 N–H and O–H groups in total. The number of benzene rings is 1. The SMILES string of the molecule is CCCCC(CC)COC(=O)CCSc1sc(CN(C)C(=O)OC(C)(C)C)nc1-c1ccccc1F. The van der Waals surface area contributed by atoms with Crippen LogP contribution in [-0.2, 0) is 20.8 Å². The number of amides is 1. The number of halogens is 1. The molecule has 200 valence electrons. The first-order valence-electron chi connectivity index (χ1n) is 12.5. The minimum atomic E-state index is -0.602. The molecule has 2 rings (SSSR count). The molecule has 1 aromatic heterocycles. The summed E-state index contributed by atoms with van der Waals surface area (Å²) >= 11 is 2.85. The summed E-state index contributed by atoms with van der Waals surface area (Å²) in [4.78, 5) is 30.8. The molecule has 1 aromatic carbocycles. The van der Waals surface area contributed by atoms with Crippen LogP contribution in [0.5, 0.6) is 0 Å². The van der Waals surface area contributed by atoms with Crippen molar-refractivity contribution < 1.29 is 23.5 Å². The topological polar surface area (TPSA) is 68.7 Å². The fourth-order valence-electron chi connectivity index (χ4n) is 3.35. The average molecular weight is 539 g/mol. The van der Waals surface area contributed by atoms with Crippen LogP contribution < -0.4 is 0 Å². The lowest BCUT2D eigenvalue weighted by molar-refractivity contribution is -0.144. The number of aromatic nitrogens is 1. The number of ether oxygens (including phenoxy) is 2. The van der Waals surface area contributed by atoms with Gasteiger partial charge < -0.3 is 14.4 Å². The van der Waals surface area contributed by atoms with Crippen LogP contribution in [0.4, 0.5) is 9.18 Å². The number of carbonyl (C=O) groups excluding carboxylic acids is 2. The van der Waals surface area contributed by atoms with Crippen LogP contribution >= 0.6 is 23.1 Å². The Morgan fingerprint density at radius 3 is 2.58 bits per heavy atom. The highest BCUT2D eigenvalue weighted by Crippen LogP contribution is 2.38. The summed E-state index contributed by atoms with van der Waals surface area (Å²) in [5, 5.41) is 0.661. The molecule has 0 saturated carbocycles. The molecule has 0 saturated heterocycles. The van der Waals surface area contributed by atoms with Crippen molar-refractivity contribution in [1.82, 2.24) is 9.88 Å². The third-order valence-electron chi connectivity index (χ3n) is 5.41. The zero-order valence-corrected chi connectivity index (χ0v) is 23.9. The summed E-state index contributed by atoms with van der Waals surface area (Å²) in [6.45, 7) is 10.4. The lowest BCUT2D eigenvalue weighted by Crippen LogP contribution is -2.33. The first-order valence-corrected chi connectivity index (χ1v) is 14.3. The van der Waals surface area contributed by atoms with Crippen molar-refractivity contribution in [2.45, 2.75) is 83.1 Å². The summed E-state index contributed by atoms with van der Waals surface area (Å²) in [6, 6.07) is 6.48. The molecular formula is C27H39FN2O4S2. The van der Waals surface area contributed by atoms with Crippen molar-refractivity contribution in [3.05, 3.63) is 35.1 Å². The molecule has 0 aliphatic rings. The van der Waals surface area contributed by atoms with Crippen molar-refractivity contribution in [1.29, 1.82) is 0 Å². The number of nitrogens with zero attached hydrogens (tertiary/aromatic N) is 2. The van der Waals surface area contributed by atoms with Gasteiger partial charge in [0.25, 0.3) is 0 Å². The Kier molecular flexibility index (Phi) is 12.2. The Balaban J connectivity index is 2.06. The molecule has 1 unspecified atom stereocenters. The molecule has 0 bridgehead atoms. The van der Waals surface area contributed by atoms with Gasteiger partial charge in [-0.25, -0.2) is 14.2 Å². The molecule has 0 aliphatic heterocycles. The first kappa shape index (κ1) is 30.1. The van der Waals surface area contributed by atoms with E-state index in [9.17, 15) is 14.0 Å². The largest absolute Gasteiger partial charge is 0.465 e. The van der Waals surface area contributed by atoms with Crippen LogP contribution in [-0.4, -0.2) is 47.0 Å². The number of carbonyl (C=O) groups is 2. The molecule has 0 fully saturated rings. The summed E-state index contributed by atoms with van der Waals surface area (Å²) < 4.78 is 26.3. The summed E-state index contributed by atoms with van der Waals surface area (Å²) in [6.07, 6.45) is 4.15. The Labute approximate surface area is 223 Å². The smallest absolute Gasteiger partial charge is 0.410 e. The van der Waals surface area contributed by atoms with E-state index in [1.807, 2.05) is 20.8 Å². The predicted octanol–water partition coefficient (Wildman–Crippen LogP) is 7.56. The number of hydrogen-bond donors (Lipinski definition) is 0. The highest BCUT2D eigenvalue weighted by molar-refractivity contribution is 8.01. The second-order valence-electron chi connectivity index (χ2n) is 9.76. The van der Waals surface area contributed by atoms with Crippen molar-refractivity contribution >= 4 is 35.2 Å². The van der Waals surface area contributed by atoms with Crippen LogP contribution in [0.2, 0.25) is 0 Å². The predicted molar refractivity (Wildman–Crippen MR) is 145 cm³/mol.